The number of benzene rings is 2. The predicted molar refractivity (Wildman–Crippen MR) is 119 cm³/mol. The van der Waals surface area contributed by atoms with E-state index in [0.717, 1.165) is 11.1 Å². The van der Waals surface area contributed by atoms with E-state index >= 15 is 0 Å². The van der Waals surface area contributed by atoms with Crippen LogP contribution < -0.4 is 5.32 Å². The summed E-state index contributed by atoms with van der Waals surface area (Å²) in [7, 11) is 0. The van der Waals surface area contributed by atoms with Crippen LogP contribution in [0, 0.1) is 0 Å². The number of hydrogen-bond donors (Lipinski definition) is 2. The lowest BCUT2D eigenvalue weighted by atomic mass is 9.98. The number of nitrogens with one attached hydrogen (secondary N) is 1. The molecular formula is C25H31F2N3O2. The van der Waals surface area contributed by atoms with Crippen LogP contribution in [0.25, 0.3) is 0 Å². The van der Waals surface area contributed by atoms with Gasteiger partial charge in [0.1, 0.15) is 0 Å². The Morgan fingerprint density at radius 3 is 2.00 bits per heavy atom. The minimum Gasteiger partial charge on any atom is -0.387 e. The Labute approximate surface area is 188 Å². The van der Waals surface area contributed by atoms with Gasteiger partial charge in [0.05, 0.1) is 18.2 Å². The minimum atomic E-state index is -2.59. The van der Waals surface area contributed by atoms with E-state index in [1.165, 1.54) is 0 Å². The van der Waals surface area contributed by atoms with Gasteiger partial charge in [-0.15, -0.1) is 0 Å². The van der Waals surface area contributed by atoms with Gasteiger partial charge in [-0.25, -0.2) is 8.78 Å². The molecule has 0 aromatic heterocycles. The zero-order valence-corrected chi connectivity index (χ0v) is 18.2. The van der Waals surface area contributed by atoms with Crippen molar-refractivity contribution in [3.8, 4) is 0 Å². The lowest BCUT2D eigenvalue weighted by Crippen LogP contribution is -2.49. The molecule has 7 heteroatoms. The van der Waals surface area contributed by atoms with Crippen LogP contribution in [0.5, 0.6) is 0 Å². The van der Waals surface area contributed by atoms with E-state index < -0.39 is 11.5 Å². The average Bonchev–Trinajstić information content (AvgIpc) is 3.15. The third-order valence-corrected chi connectivity index (χ3v) is 6.46. The monoisotopic (exact) mass is 443 g/mol. The molecular weight excluding hydrogens is 412 g/mol. The van der Waals surface area contributed by atoms with E-state index in [1.807, 2.05) is 70.5 Å². The van der Waals surface area contributed by atoms with Crippen molar-refractivity contribution in [2.24, 2.45) is 0 Å². The Bertz CT molecular complexity index is 847. The summed E-state index contributed by atoms with van der Waals surface area (Å²) in [4.78, 5) is 16.8. The summed E-state index contributed by atoms with van der Waals surface area (Å²) in [5, 5.41) is 14.1. The molecule has 32 heavy (non-hydrogen) atoms. The first-order chi connectivity index (χ1) is 15.3. The molecule has 172 valence electrons. The molecule has 0 radical (unpaired) electrons. The zero-order valence-electron chi connectivity index (χ0n) is 18.2. The number of rotatable bonds is 7. The van der Waals surface area contributed by atoms with Crippen LogP contribution >= 0.6 is 0 Å². The number of amides is 1. The molecule has 0 spiro atoms. The number of β-amino-alcohol motifs (C(OH)–C–C–N with tert-alkyl or cyclic N) is 1. The van der Waals surface area contributed by atoms with Crippen molar-refractivity contribution < 1.29 is 18.7 Å². The van der Waals surface area contributed by atoms with Gasteiger partial charge in [-0.1, -0.05) is 60.7 Å². The second-order valence-electron chi connectivity index (χ2n) is 9.14. The van der Waals surface area contributed by atoms with Crippen LogP contribution in [0.3, 0.4) is 0 Å². The van der Waals surface area contributed by atoms with Gasteiger partial charge >= 0.3 is 0 Å². The van der Waals surface area contributed by atoms with Gasteiger partial charge in [-0.2, -0.15) is 0 Å². The topological polar surface area (TPSA) is 55.8 Å². The standard InChI is InChI=1S/C25H31F2N3O2/c26-25(27)12-15-29(16-13-25)18-24(32)11-14-30(19-24)17-22(31)28-23(20-7-3-1-4-8-20)21-9-5-2-6-10-21/h1-10,23,32H,11-19H2,(H,28,31)/t24-/m0/s1. The molecule has 2 aliphatic heterocycles. The van der Waals surface area contributed by atoms with Gasteiger partial charge in [0.2, 0.25) is 5.91 Å². The molecule has 2 aromatic rings. The van der Waals surface area contributed by atoms with Crippen LogP contribution in [0.2, 0.25) is 0 Å². The van der Waals surface area contributed by atoms with E-state index in [-0.39, 0.29) is 31.3 Å². The van der Waals surface area contributed by atoms with Crippen molar-refractivity contribution in [3.63, 3.8) is 0 Å². The zero-order chi connectivity index (χ0) is 22.6. The Morgan fingerprint density at radius 1 is 0.906 bits per heavy atom. The Balaban J connectivity index is 1.33. The summed E-state index contributed by atoms with van der Waals surface area (Å²) in [6, 6.07) is 19.4. The number of hydrogen-bond acceptors (Lipinski definition) is 4. The Morgan fingerprint density at radius 2 is 1.44 bits per heavy atom. The number of carbonyl (C=O) groups excluding carboxylic acids is 1. The SMILES string of the molecule is O=C(CN1CC[C@](O)(CN2CCC(F)(F)CC2)C1)NC(c1ccccc1)c1ccccc1. The van der Waals surface area contributed by atoms with Gasteiger partial charge in [0, 0.05) is 45.6 Å². The molecule has 2 heterocycles. The number of likely N-dealkylation sites (tertiary alicyclic amines) is 2. The summed E-state index contributed by atoms with van der Waals surface area (Å²) in [5.41, 5.74) is 1.05. The van der Waals surface area contributed by atoms with Crippen molar-refractivity contribution in [1.29, 1.82) is 0 Å². The Kier molecular flexibility index (Phi) is 6.88. The first kappa shape index (κ1) is 22.8. The number of aliphatic hydroxyl groups is 1. The van der Waals surface area contributed by atoms with Crippen molar-refractivity contribution >= 4 is 5.91 Å². The van der Waals surface area contributed by atoms with Gasteiger partial charge in [0.25, 0.3) is 5.92 Å². The van der Waals surface area contributed by atoms with E-state index in [1.54, 1.807) is 0 Å². The fraction of sp³-hybridized carbons (Fsp3) is 0.480. The van der Waals surface area contributed by atoms with Gasteiger partial charge in [0.15, 0.2) is 0 Å². The second kappa shape index (κ2) is 9.65. The van der Waals surface area contributed by atoms with Crippen molar-refractivity contribution in [3.05, 3.63) is 71.8 Å². The van der Waals surface area contributed by atoms with Gasteiger partial charge < -0.3 is 10.4 Å². The molecule has 0 unspecified atom stereocenters. The van der Waals surface area contributed by atoms with Gasteiger partial charge in [-0.3, -0.25) is 14.6 Å². The predicted octanol–water partition coefficient (Wildman–Crippen LogP) is 3.06. The van der Waals surface area contributed by atoms with E-state index in [9.17, 15) is 18.7 Å². The highest BCUT2D eigenvalue weighted by atomic mass is 19.3. The van der Waals surface area contributed by atoms with Crippen LogP contribution in [0.1, 0.15) is 36.4 Å². The molecule has 2 fully saturated rings. The largest absolute Gasteiger partial charge is 0.387 e. The van der Waals surface area contributed by atoms with E-state index in [0.29, 0.717) is 39.1 Å². The first-order valence-electron chi connectivity index (χ1n) is 11.3. The summed E-state index contributed by atoms with van der Waals surface area (Å²) in [5.74, 6) is -2.70. The maximum atomic E-state index is 13.4. The van der Waals surface area contributed by atoms with Crippen molar-refractivity contribution in [2.45, 2.75) is 36.8 Å². The van der Waals surface area contributed by atoms with Crippen LogP contribution in [-0.4, -0.2) is 71.6 Å². The summed E-state index contributed by atoms with van der Waals surface area (Å²) in [6.45, 7) is 2.13. The Hall–Kier alpha value is -2.35. The second-order valence-corrected chi connectivity index (χ2v) is 9.14. The molecule has 0 bridgehead atoms. The smallest absolute Gasteiger partial charge is 0.250 e. The number of nitrogens with zero attached hydrogens (tertiary/aromatic N) is 2. The third kappa shape index (κ3) is 5.91. The summed E-state index contributed by atoms with van der Waals surface area (Å²) >= 11 is 0. The number of halogens is 2. The van der Waals surface area contributed by atoms with Crippen LogP contribution in [0.15, 0.2) is 60.7 Å². The molecule has 1 amide bonds. The van der Waals surface area contributed by atoms with Crippen LogP contribution in [0.4, 0.5) is 8.78 Å². The molecule has 5 nitrogen and oxygen atoms in total. The lowest BCUT2D eigenvalue weighted by molar-refractivity contribution is -0.122. The van der Waals surface area contributed by atoms with Crippen LogP contribution in [-0.2, 0) is 4.79 Å². The molecule has 1 atom stereocenters. The number of alkyl halides is 2. The maximum Gasteiger partial charge on any atom is 0.250 e. The van der Waals surface area contributed by atoms with E-state index in [4.69, 9.17) is 0 Å². The molecule has 2 aliphatic rings. The average molecular weight is 444 g/mol. The molecule has 2 saturated heterocycles. The first-order valence-corrected chi connectivity index (χ1v) is 11.3. The molecule has 4 rings (SSSR count). The number of carbonyl (C=O) groups is 1. The number of piperidine rings is 1. The highest BCUT2D eigenvalue weighted by Gasteiger charge is 2.41. The van der Waals surface area contributed by atoms with Crippen molar-refractivity contribution in [1.82, 2.24) is 15.1 Å². The molecule has 0 aliphatic carbocycles. The van der Waals surface area contributed by atoms with Gasteiger partial charge in [-0.05, 0) is 17.5 Å². The normalized spacial score (nSPS) is 24.0. The molecule has 0 saturated carbocycles. The highest BCUT2D eigenvalue weighted by Crippen LogP contribution is 2.30. The fourth-order valence-electron chi connectivity index (χ4n) is 4.72. The minimum absolute atomic E-state index is 0.107. The molecule has 2 aromatic carbocycles. The maximum absolute atomic E-state index is 13.4. The summed E-state index contributed by atoms with van der Waals surface area (Å²) in [6.07, 6.45) is 0.221. The summed E-state index contributed by atoms with van der Waals surface area (Å²) < 4.78 is 26.8. The third-order valence-electron chi connectivity index (χ3n) is 6.46. The quantitative estimate of drug-likeness (QED) is 0.691. The van der Waals surface area contributed by atoms with Crippen molar-refractivity contribution in [2.75, 3.05) is 39.3 Å². The highest BCUT2D eigenvalue weighted by molar-refractivity contribution is 5.79. The molecule has 2 N–H and O–H groups in total. The lowest BCUT2D eigenvalue weighted by Gasteiger charge is -2.36. The van der Waals surface area contributed by atoms with E-state index in [2.05, 4.69) is 5.32 Å². The fourth-order valence-corrected chi connectivity index (χ4v) is 4.72.